The van der Waals surface area contributed by atoms with E-state index >= 15 is 0 Å². The van der Waals surface area contributed by atoms with Crippen LogP contribution in [0, 0.1) is 13.8 Å². The molecule has 5 nitrogen and oxygen atoms in total. The molecule has 2 aromatic carbocycles. The van der Waals surface area contributed by atoms with Crippen molar-refractivity contribution in [2.45, 2.75) is 27.2 Å². The van der Waals surface area contributed by atoms with Crippen LogP contribution in [0.3, 0.4) is 0 Å². The number of methoxy groups -OCH3 is 1. The van der Waals surface area contributed by atoms with Crippen molar-refractivity contribution in [2.24, 2.45) is 0 Å². The summed E-state index contributed by atoms with van der Waals surface area (Å²) in [7, 11) is 1.62. The quantitative estimate of drug-likeness (QED) is 0.830. The smallest absolute Gasteiger partial charge is 0.244 e. The Kier molecular flexibility index (Phi) is 6.78. The van der Waals surface area contributed by atoms with E-state index < -0.39 is 0 Å². The maximum absolute atomic E-state index is 12.4. The highest BCUT2D eigenvalue weighted by Gasteiger charge is 2.14. The molecule has 0 bridgehead atoms. The minimum Gasteiger partial charge on any atom is -0.497 e. The third kappa shape index (κ3) is 5.62. The van der Waals surface area contributed by atoms with Gasteiger partial charge in [0, 0.05) is 19.2 Å². The molecule has 26 heavy (non-hydrogen) atoms. The van der Waals surface area contributed by atoms with Crippen LogP contribution in [0.25, 0.3) is 0 Å². The molecule has 0 saturated carbocycles. The standard InChI is InChI=1S/C21H26N2O3/c1-15-8-9-16(2)20(12-15)22-21(25)14-23(17(3)24)11-10-18-6-5-7-19(13-18)26-4/h5-9,12-13H,10-11,14H2,1-4H3,(H,22,25). The molecule has 138 valence electrons. The van der Waals surface area contributed by atoms with Gasteiger partial charge in [0.25, 0.3) is 0 Å². The van der Waals surface area contributed by atoms with Gasteiger partial charge in [0.2, 0.25) is 11.8 Å². The first-order valence-corrected chi connectivity index (χ1v) is 8.64. The van der Waals surface area contributed by atoms with Crippen molar-refractivity contribution < 1.29 is 14.3 Å². The average Bonchev–Trinajstić information content (AvgIpc) is 2.61. The van der Waals surface area contributed by atoms with Gasteiger partial charge in [-0.05, 0) is 55.2 Å². The Morgan fingerprint density at radius 3 is 2.58 bits per heavy atom. The molecule has 2 rings (SSSR count). The molecule has 0 spiro atoms. The maximum Gasteiger partial charge on any atom is 0.244 e. The fraction of sp³-hybridized carbons (Fsp3) is 0.333. The highest BCUT2D eigenvalue weighted by atomic mass is 16.5. The van der Waals surface area contributed by atoms with Crippen LogP contribution >= 0.6 is 0 Å². The number of hydrogen-bond acceptors (Lipinski definition) is 3. The summed E-state index contributed by atoms with van der Waals surface area (Å²) in [6, 6.07) is 13.6. The second-order valence-corrected chi connectivity index (χ2v) is 6.41. The summed E-state index contributed by atoms with van der Waals surface area (Å²) in [4.78, 5) is 25.9. The predicted octanol–water partition coefficient (Wildman–Crippen LogP) is 3.34. The molecule has 5 heteroatoms. The van der Waals surface area contributed by atoms with Crippen LogP contribution in [0.4, 0.5) is 5.69 Å². The van der Waals surface area contributed by atoms with E-state index in [1.54, 1.807) is 12.0 Å². The van der Waals surface area contributed by atoms with Gasteiger partial charge in [0.1, 0.15) is 5.75 Å². The lowest BCUT2D eigenvalue weighted by Gasteiger charge is -2.21. The molecule has 0 fully saturated rings. The number of carbonyl (C=O) groups excluding carboxylic acids is 2. The molecule has 0 aromatic heterocycles. The molecular weight excluding hydrogens is 328 g/mol. The Labute approximate surface area is 155 Å². The summed E-state index contributed by atoms with van der Waals surface area (Å²) < 4.78 is 5.22. The molecule has 1 N–H and O–H groups in total. The molecule has 0 radical (unpaired) electrons. The van der Waals surface area contributed by atoms with Gasteiger partial charge < -0.3 is 15.0 Å². The van der Waals surface area contributed by atoms with Crippen LogP contribution in [0.1, 0.15) is 23.6 Å². The Bertz CT molecular complexity index is 787. The lowest BCUT2D eigenvalue weighted by Crippen LogP contribution is -2.38. The first-order chi connectivity index (χ1) is 12.4. The Morgan fingerprint density at radius 2 is 1.88 bits per heavy atom. The third-order valence-electron chi connectivity index (χ3n) is 4.25. The summed E-state index contributed by atoms with van der Waals surface area (Å²) in [5, 5.41) is 2.90. The first-order valence-electron chi connectivity index (χ1n) is 8.64. The van der Waals surface area contributed by atoms with Gasteiger partial charge in [0.05, 0.1) is 13.7 Å². The van der Waals surface area contributed by atoms with Gasteiger partial charge in [-0.2, -0.15) is 0 Å². The monoisotopic (exact) mass is 354 g/mol. The van der Waals surface area contributed by atoms with E-state index in [1.165, 1.54) is 6.92 Å². The second kappa shape index (κ2) is 9.04. The van der Waals surface area contributed by atoms with Crippen LogP contribution < -0.4 is 10.1 Å². The van der Waals surface area contributed by atoms with E-state index in [-0.39, 0.29) is 18.4 Å². The van der Waals surface area contributed by atoms with E-state index in [2.05, 4.69) is 5.32 Å². The van der Waals surface area contributed by atoms with E-state index in [0.717, 1.165) is 28.1 Å². The molecule has 0 unspecified atom stereocenters. The predicted molar refractivity (Wildman–Crippen MR) is 103 cm³/mol. The zero-order chi connectivity index (χ0) is 19.1. The van der Waals surface area contributed by atoms with Crippen molar-refractivity contribution in [1.29, 1.82) is 0 Å². The Morgan fingerprint density at radius 1 is 1.12 bits per heavy atom. The normalized spacial score (nSPS) is 10.3. The molecule has 2 aromatic rings. The van der Waals surface area contributed by atoms with E-state index in [4.69, 9.17) is 4.74 Å². The van der Waals surface area contributed by atoms with Gasteiger partial charge in [-0.15, -0.1) is 0 Å². The number of benzene rings is 2. The third-order valence-corrected chi connectivity index (χ3v) is 4.25. The number of aryl methyl sites for hydroxylation is 2. The van der Waals surface area contributed by atoms with Crippen molar-refractivity contribution in [2.75, 3.05) is 25.5 Å². The van der Waals surface area contributed by atoms with Crippen LogP contribution in [0.15, 0.2) is 42.5 Å². The van der Waals surface area contributed by atoms with Crippen molar-refractivity contribution in [3.05, 3.63) is 59.2 Å². The number of nitrogens with one attached hydrogen (secondary N) is 1. The molecule has 0 atom stereocenters. The molecule has 0 saturated heterocycles. The van der Waals surface area contributed by atoms with Crippen molar-refractivity contribution in [3.8, 4) is 5.75 Å². The lowest BCUT2D eigenvalue weighted by atomic mass is 10.1. The fourth-order valence-electron chi connectivity index (χ4n) is 2.67. The minimum absolute atomic E-state index is 0.0344. The van der Waals surface area contributed by atoms with Crippen molar-refractivity contribution in [3.63, 3.8) is 0 Å². The average molecular weight is 354 g/mol. The summed E-state index contributed by atoms with van der Waals surface area (Å²) >= 11 is 0. The minimum atomic E-state index is -0.195. The van der Waals surface area contributed by atoms with E-state index in [0.29, 0.717) is 13.0 Å². The van der Waals surface area contributed by atoms with Crippen molar-refractivity contribution in [1.82, 2.24) is 4.90 Å². The topological polar surface area (TPSA) is 58.6 Å². The van der Waals surface area contributed by atoms with E-state index in [1.807, 2.05) is 56.3 Å². The number of nitrogens with zero attached hydrogens (tertiary/aromatic N) is 1. The van der Waals surface area contributed by atoms with Gasteiger partial charge >= 0.3 is 0 Å². The number of hydrogen-bond donors (Lipinski definition) is 1. The highest BCUT2D eigenvalue weighted by molar-refractivity contribution is 5.94. The second-order valence-electron chi connectivity index (χ2n) is 6.41. The van der Waals surface area contributed by atoms with Crippen LogP contribution in [-0.4, -0.2) is 36.9 Å². The first kappa shape index (κ1) is 19.5. The molecule has 2 amide bonds. The zero-order valence-electron chi connectivity index (χ0n) is 15.8. The Balaban J connectivity index is 1.97. The lowest BCUT2D eigenvalue weighted by molar-refractivity contribution is -0.132. The number of carbonyl (C=O) groups is 2. The van der Waals surface area contributed by atoms with Gasteiger partial charge in [-0.25, -0.2) is 0 Å². The molecule has 0 aliphatic rings. The van der Waals surface area contributed by atoms with Gasteiger partial charge in [-0.1, -0.05) is 24.3 Å². The van der Waals surface area contributed by atoms with Crippen LogP contribution in [0.5, 0.6) is 5.75 Å². The number of rotatable bonds is 7. The molecule has 0 heterocycles. The summed E-state index contributed by atoms with van der Waals surface area (Å²) in [5.74, 6) is 0.466. The number of ether oxygens (including phenoxy) is 1. The Hall–Kier alpha value is -2.82. The molecule has 0 aliphatic carbocycles. The van der Waals surface area contributed by atoms with Gasteiger partial charge in [-0.3, -0.25) is 9.59 Å². The SMILES string of the molecule is COc1cccc(CCN(CC(=O)Nc2cc(C)ccc2C)C(C)=O)c1. The van der Waals surface area contributed by atoms with Crippen molar-refractivity contribution >= 4 is 17.5 Å². The summed E-state index contributed by atoms with van der Waals surface area (Å²) in [5.41, 5.74) is 3.92. The highest BCUT2D eigenvalue weighted by Crippen LogP contribution is 2.16. The maximum atomic E-state index is 12.4. The molecular formula is C21H26N2O3. The molecule has 0 aliphatic heterocycles. The van der Waals surface area contributed by atoms with E-state index in [9.17, 15) is 9.59 Å². The summed E-state index contributed by atoms with van der Waals surface area (Å²) in [6.07, 6.45) is 0.660. The fourth-order valence-corrected chi connectivity index (χ4v) is 2.67. The van der Waals surface area contributed by atoms with Gasteiger partial charge in [0.15, 0.2) is 0 Å². The zero-order valence-corrected chi connectivity index (χ0v) is 15.8. The largest absolute Gasteiger partial charge is 0.497 e. The number of amides is 2. The van der Waals surface area contributed by atoms with Crippen LogP contribution in [-0.2, 0) is 16.0 Å². The summed E-state index contributed by atoms with van der Waals surface area (Å²) in [6.45, 7) is 5.91. The van der Waals surface area contributed by atoms with Crippen LogP contribution in [0.2, 0.25) is 0 Å². The number of anilines is 1.